The van der Waals surface area contributed by atoms with E-state index in [1.165, 1.54) is 0 Å². The van der Waals surface area contributed by atoms with Gasteiger partial charge in [0.1, 0.15) is 5.69 Å². The predicted octanol–water partition coefficient (Wildman–Crippen LogP) is 1.79. The van der Waals surface area contributed by atoms with Gasteiger partial charge in [0.2, 0.25) is 5.91 Å². The molecular weight excluding hydrogens is 228 g/mol. The molecule has 0 fully saturated rings. The number of amides is 1. The van der Waals surface area contributed by atoms with E-state index in [0.29, 0.717) is 12.3 Å². The van der Waals surface area contributed by atoms with E-state index >= 15 is 0 Å². The van der Waals surface area contributed by atoms with Crippen molar-refractivity contribution in [2.24, 2.45) is 18.1 Å². The Morgan fingerprint density at radius 1 is 1.39 bits per heavy atom. The standard InChI is InChI=1S/C13H20N4O/c1-4-10(5-2)9-17-13(18)8-12(15-17)11-6-7-16(3)14-11/h6-7,10H,4-5,8-9H2,1-3H3. The van der Waals surface area contributed by atoms with Crippen LogP contribution in [-0.2, 0) is 11.8 Å². The fraction of sp³-hybridized carbons (Fsp3) is 0.615. The van der Waals surface area contributed by atoms with E-state index in [0.717, 1.165) is 30.8 Å². The van der Waals surface area contributed by atoms with Crippen LogP contribution < -0.4 is 0 Å². The number of hydrogen-bond acceptors (Lipinski definition) is 3. The molecule has 1 aromatic heterocycles. The van der Waals surface area contributed by atoms with Crippen molar-refractivity contribution in [3.8, 4) is 0 Å². The smallest absolute Gasteiger partial charge is 0.248 e. The average molecular weight is 248 g/mol. The summed E-state index contributed by atoms with van der Waals surface area (Å²) in [5, 5.41) is 10.3. The highest BCUT2D eigenvalue weighted by Gasteiger charge is 2.27. The minimum Gasteiger partial charge on any atom is -0.275 e. The van der Waals surface area contributed by atoms with Gasteiger partial charge in [-0.1, -0.05) is 26.7 Å². The number of aromatic nitrogens is 2. The van der Waals surface area contributed by atoms with E-state index in [4.69, 9.17) is 0 Å². The van der Waals surface area contributed by atoms with Crippen molar-refractivity contribution in [1.29, 1.82) is 0 Å². The normalized spacial score (nSPS) is 15.7. The number of aryl methyl sites for hydroxylation is 1. The van der Waals surface area contributed by atoms with Crippen LogP contribution in [0.5, 0.6) is 0 Å². The molecule has 1 aliphatic heterocycles. The van der Waals surface area contributed by atoms with Gasteiger partial charge in [0.05, 0.1) is 12.1 Å². The number of rotatable bonds is 5. The first-order valence-corrected chi connectivity index (χ1v) is 6.51. The SMILES string of the molecule is CCC(CC)CN1N=C(c2ccn(C)n2)CC1=O. The van der Waals surface area contributed by atoms with Crippen molar-refractivity contribution < 1.29 is 4.79 Å². The molecule has 98 valence electrons. The molecule has 18 heavy (non-hydrogen) atoms. The summed E-state index contributed by atoms with van der Waals surface area (Å²) in [4.78, 5) is 11.9. The Bertz CT molecular complexity index is 459. The summed E-state index contributed by atoms with van der Waals surface area (Å²) >= 11 is 0. The summed E-state index contributed by atoms with van der Waals surface area (Å²) in [5.41, 5.74) is 1.59. The first kappa shape index (κ1) is 12.8. The second kappa shape index (κ2) is 5.33. The maximum absolute atomic E-state index is 11.9. The molecule has 0 radical (unpaired) electrons. The van der Waals surface area contributed by atoms with Gasteiger partial charge in [-0.15, -0.1) is 0 Å². The molecule has 0 spiro atoms. The third kappa shape index (κ3) is 2.60. The molecule has 0 aromatic carbocycles. The molecule has 1 amide bonds. The van der Waals surface area contributed by atoms with Crippen molar-refractivity contribution in [2.45, 2.75) is 33.1 Å². The average Bonchev–Trinajstić information content (AvgIpc) is 2.93. The molecule has 1 aromatic rings. The van der Waals surface area contributed by atoms with Crippen LogP contribution in [0.3, 0.4) is 0 Å². The third-order valence-corrected chi connectivity index (χ3v) is 3.44. The molecule has 2 rings (SSSR count). The molecule has 0 N–H and O–H groups in total. The number of hydrazone groups is 1. The van der Waals surface area contributed by atoms with E-state index in [-0.39, 0.29) is 5.91 Å². The largest absolute Gasteiger partial charge is 0.275 e. The van der Waals surface area contributed by atoms with E-state index in [9.17, 15) is 4.79 Å². The molecule has 5 nitrogen and oxygen atoms in total. The van der Waals surface area contributed by atoms with Crippen molar-refractivity contribution >= 4 is 11.6 Å². The van der Waals surface area contributed by atoms with Gasteiger partial charge in [-0.05, 0) is 12.0 Å². The number of nitrogens with zero attached hydrogens (tertiary/aromatic N) is 4. The zero-order chi connectivity index (χ0) is 13.1. The van der Waals surface area contributed by atoms with Crippen LogP contribution in [0.4, 0.5) is 0 Å². The number of hydrogen-bond donors (Lipinski definition) is 0. The van der Waals surface area contributed by atoms with Crippen LogP contribution in [-0.4, -0.2) is 33.0 Å². The van der Waals surface area contributed by atoms with Crippen LogP contribution in [0, 0.1) is 5.92 Å². The molecule has 0 atom stereocenters. The van der Waals surface area contributed by atoms with E-state index in [2.05, 4.69) is 24.0 Å². The molecule has 1 aliphatic rings. The lowest BCUT2D eigenvalue weighted by atomic mass is 10.0. The Kier molecular flexibility index (Phi) is 3.79. The Hall–Kier alpha value is -1.65. The number of carbonyl (C=O) groups is 1. The van der Waals surface area contributed by atoms with Crippen LogP contribution in [0.15, 0.2) is 17.4 Å². The summed E-state index contributed by atoms with van der Waals surface area (Å²) in [6.07, 6.45) is 4.40. The van der Waals surface area contributed by atoms with E-state index < -0.39 is 0 Å². The van der Waals surface area contributed by atoms with Gasteiger partial charge in [-0.25, -0.2) is 5.01 Å². The minimum absolute atomic E-state index is 0.0857. The maximum Gasteiger partial charge on any atom is 0.248 e. The Morgan fingerprint density at radius 3 is 2.67 bits per heavy atom. The van der Waals surface area contributed by atoms with Gasteiger partial charge in [0.15, 0.2) is 0 Å². The lowest BCUT2D eigenvalue weighted by molar-refractivity contribution is -0.129. The quantitative estimate of drug-likeness (QED) is 0.797. The first-order chi connectivity index (χ1) is 8.63. The summed E-state index contributed by atoms with van der Waals surface area (Å²) in [5.74, 6) is 0.614. The molecular formula is C13H20N4O. The maximum atomic E-state index is 11.9. The van der Waals surface area contributed by atoms with Crippen molar-refractivity contribution in [3.63, 3.8) is 0 Å². The topological polar surface area (TPSA) is 50.5 Å². The second-order valence-corrected chi connectivity index (χ2v) is 4.76. The van der Waals surface area contributed by atoms with Crippen LogP contribution in [0.25, 0.3) is 0 Å². The fourth-order valence-corrected chi connectivity index (χ4v) is 2.12. The van der Waals surface area contributed by atoms with Gasteiger partial charge in [-0.3, -0.25) is 9.48 Å². The van der Waals surface area contributed by atoms with Gasteiger partial charge in [-0.2, -0.15) is 10.2 Å². The Balaban J connectivity index is 2.09. The zero-order valence-corrected chi connectivity index (χ0v) is 11.3. The van der Waals surface area contributed by atoms with Crippen molar-refractivity contribution in [2.75, 3.05) is 6.54 Å². The van der Waals surface area contributed by atoms with Crippen LogP contribution in [0.2, 0.25) is 0 Å². The zero-order valence-electron chi connectivity index (χ0n) is 11.3. The van der Waals surface area contributed by atoms with E-state index in [1.54, 1.807) is 9.69 Å². The highest BCUT2D eigenvalue weighted by atomic mass is 16.2. The molecule has 0 saturated heterocycles. The molecule has 5 heteroatoms. The van der Waals surface area contributed by atoms with E-state index in [1.807, 2.05) is 19.3 Å². The molecule has 2 heterocycles. The predicted molar refractivity (Wildman–Crippen MR) is 70.1 cm³/mol. The molecule has 0 unspecified atom stereocenters. The summed E-state index contributed by atoms with van der Waals surface area (Å²) in [6.45, 7) is 5.03. The molecule has 0 bridgehead atoms. The fourth-order valence-electron chi connectivity index (χ4n) is 2.12. The van der Waals surface area contributed by atoms with Crippen molar-refractivity contribution in [3.05, 3.63) is 18.0 Å². The van der Waals surface area contributed by atoms with Gasteiger partial charge < -0.3 is 0 Å². The molecule has 0 aliphatic carbocycles. The van der Waals surface area contributed by atoms with Gasteiger partial charge in [0.25, 0.3) is 0 Å². The van der Waals surface area contributed by atoms with Crippen molar-refractivity contribution in [1.82, 2.24) is 14.8 Å². The summed E-state index contributed by atoms with van der Waals surface area (Å²) in [6, 6.07) is 1.90. The second-order valence-electron chi connectivity index (χ2n) is 4.76. The van der Waals surface area contributed by atoms with Gasteiger partial charge >= 0.3 is 0 Å². The van der Waals surface area contributed by atoms with Crippen LogP contribution >= 0.6 is 0 Å². The van der Waals surface area contributed by atoms with Crippen LogP contribution in [0.1, 0.15) is 38.8 Å². The summed E-state index contributed by atoms with van der Waals surface area (Å²) in [7, 11) is 1.86. The number of carbonyl (C=O) groups excluding carboxylic acids is 1. The summed E-state index contributed by atoms with van der Waals surface area (Å²) < 4.78 is 1.73. The highest BCUT2D eigenvalue weighted by molar-refractivity contribution is 6.12. The first-order valence-electron chi connectivity index (χ1n) is 6.51. The lowest BCUT2D eigenvalue weighted by Gasteiger charge is -2.18. The minimum atomic E-state index is 0.0857. The van der Waals surface area contributed by atoms with Gasteiger partial charge in [0, 0.05) is 19.8 Å². The monoisotopic (exact) mass is 248 g/mol. The molecule has 0 saturated carbocycles. The Labute approximate surface area is 107 Å². The lowest BCUT2D eigenvalue weighted by Crippen LogP contribution is -2.26. The Morgan fingerprint density at radius 2 is 2.11 bits per heavy atom. The third-order valence-electron chi connectivity index (χ3n) is 3.44. The highest BCUT2D eigenvalue weighted by Crippen LogP contribution is 2.17.